The molecule has 4 rings (SSSR count). The lowest BCUT2D eigenvalue weighted by atomic mass is 10.1. The number of rotatable bonds is 5. The minimum Gasteiger partial charge on any atom is -0.481 e. The lowest BCUT2D eigenvalue weighted by Gasteiger charge is -2.38. The molecular formula is C20H17FN2O3. The van der Waals surface area contributed by atoms with Gasteiger partial charge in [0.15, 0.2) is 18.2 Å². The van der Waals surface area contributed by atoms with Crippen molar-refractivity contribution in [3.8, 4) is 11.6 Å². The van der Waals surface area contributed by atoms with Crippen molar-refractivity contribution in [2.75, 3.05) is 19.7 Å². The second-order valence-electron chi connectivity index (χ2n) is 6.10. The predicted molar refractivity (Wildman–Crippen MR) is 94.6 cm³/mol. The molecule has 26 heavy (non-hydrogen) atoms. The molecule has 0 aliphatic carbocycles. The Bertz CT molecular complexity index is 941. The van der Waals surface area contributed by atoms with Gasteiger partial charge in [0, 0.05) is 11.5 Å². The summed E-state index contributed by atoms with van der Waals surface area (Å²) >= 11 is 0. The quantitative estimate of drug-likeness (QED) is 0.708. The number of carbonyl (C=O) groups excluding carboxylic acids is 1. The van der Waals surface area contributed by atoms with E-state index in [1.807, 2.05) is 36.4 Å². The number of carbonyl (C=O) groups is 1. The first kappa shape index (κ1) is 16.3. The van der Waals surface area contributed by atoms with Crippen molar-refractivity contribution in [1.29, 1.82) is 0 Å². The number of halogens is 1. The zero-order valence-electron chi connectivity index (χ0n) is 14.0. The fourth-order valence-corrected chi connectivity index (χ4v) is 2.79. The van der Waals surface area contributed by atoms with Crippen LogP contribution in [0.1, 0.15) is 0 Å². The molecule has 1 aliphatic heterocycles. The minimum absolute atomic E-state index is 0.0783. The highest BCUT2D eigenvalue weighted by Gasteiger charge is 2.32. The number of para-hydroxylation sites is 2. The van der Waals surface area contributed by atoms with Crippen LogP contribution in [0.4, 0.5) is 4.39 Å². The Balaban J connectivity index is 1.28. The van der Waals surface area contributed by atoms with Crippen LogP contribution in [-0.2, 0) is 4.79 Å². The number of nitrogens with zero attached hydrogens (tertiary/aromatic N) is 2. The predicted octanol–water partition coefficient (Wildman–Crippen LogP) is 3.04. The summed E-state index contributed by atoms with van der Waals surface area (Å²) < 4.78 is 24.5. The first-order valence-corrected chi connectivity index (χ1v) is 8.36. The highest BCUT2D eigenvalue weighted by Crippen LogP contribution is 2.21. The number of likely N-dealkylation sites (tertiary alicyclic amines) is 1. The van der Waals surface area contributed by atoms with E-state index in [1.54, 1.807) is 17.0 Å². The Hall–Kier alpha value is -3.15. The molecule has 1 aromatic heterocycles. The number of benzene rings is 2. The van der Waals surface area contributed by atoms with Gasteiger partial charge in [-0.3, -0.25) is 4.79 Å². The molecule has 5 nitrogen and oxygen atoms in total. The lowest BCUT2D eigenvalue weighted by molar-refractivity contribution is -0.142. The topological polar surface area (TPSA) is 51.7 Å². The monoisotopic (exact) mass is 352 g/mol. The zero-order chi connectivity index (χ0) is 17.9. The molecule has 132 valence electrons. The molecule has 0 N–H and O–H groups in total. The molecule has 1 aliphatic rings. The first-order valence-electron chi connectivity index (χ1n) is 8.36. The first-order chi connectivity index (χ1) is 12.7. The molecule has 1 fully saturated rings. The van der Waals surface area contributed by atoms with Gasteiger partial charge in [-0.2, -0.15) is 0 Å². The van der Waals surface area contributed by atoms with E-state index in [0.717, 1.165) is 10.9 Å². The molecule has 6 heteroatoms. The number of hydrogen-bond acceptors (Lipinski definition) is 4. The number of hydrogen-bond donors (Lipinski definition) is 0. The summed E-state index contributed by atoms with van der Waals surface area (Å²) in [7, 11) is 0. The summed E-state index contributed by atoms with van der Waals surface area (Å²) in [4.78, 5) is 18.2. The van der Waals surface area contributed by atoms with Gasteiger partial charge in [-0.05, 0) is 24.3 Å². The van der Waals surface area contributed by atoms with Crippen molar-refractivity contribution in [3.05, 3.63) is 66.5 Å². The molecule has 0 radical (unpaired) electrons. The van der Waals surface area contributed by atoms with Gasteiger partial charge >= 0.3 is 0 Å². The van der Waals surface area contributed by atoms with E-state index in [4.69, 9.17) is 9.47 Å². The van der Waals surface area contributed by atoms with Crippen LogP contribution >= 0.6 is 0 Å². The van der Waals surface area contributed by atoms with Crippen molar-refractivity contribution >= 4 is 16.8 Å². The van der Waals surface area contributed by atoms with Gasteiger partial charge in [-0.25, -0.2) is 9.37 Å². The fraction of sp³-hybridized carbons (Fsp3) is 0.200. The van der Waals surface area contributed by atoms with Crippen LogP contribution in [0.15, 0.2) is 60.7 Å². The van der Waals surface area contributed by atoms with E-state index >= 15 is 0 Å². The Morgan fingerprint density at radius 1 is 1.08 bits per heavy atom. The van der Waals surface area contributed by atoms with Crippen LogP contribution in [0.5, 0.6) is 11.6 Å². The molecule has 0 bridgehead atoms. The average Bonchev–Trinajstić information content (AvgIpc) is 2.63. The summed E-state index contributed by atoms with van der Waals surface area (Å²) in [5, 5.41) is 1.05. The standard InChI is InChI=1S/C20H17FN2O3/c21-16-6-2-4-8-18(16)25-13-20(24)23-11-15(12-23)26-19-10-9-14-5-1-3-7-17(14)22-19/h1-10,15H,11-13H2. The normalized spacial score (nSPS) is 14.1. The number of amides is 1. The van der Waals surface area contributed by atoms with Crippen molar-refractivity contribution in [2.24, 2.45) is 0 Å². The van der Waals surface area contributed by atoms with E-state index in [1.165, 1.54) is 12.1 Å². The lowest BCUT2D eigenvalue weighted by Crippen LogP contribution is -2.57. The van der Waals surface area contributed by atoms with Crippen LogP contribution in [0, 0.1) is 5.82 Å². The second-order valence-corrected chi connectivity index (χ2v) is 6.10. The van der Waals surface area contributed by atoms with Crippen LogP contribution in [0.25, 0.3) is 10.9 Å². The number of aromatic nitrogens is 1. The largest absolute Gasteiger partial charge is 0.481 e. The van der Waals surface area contributed by atoms with Crippen LogP contribution in [0.2, 0.25) is 0 Å². The third-order valence-corrected chi connectivity index (χ3v) is 4.25. The molecule has 2 heterocycles. The number of pyridine rings is 1. The molecule has 0 unspecified atom stereocenters. The number of ether oxygens (including phenoxy) is 2. The van der Waals surface area contributed by atoms with E-state index in [0.29, 0.717) is 19.0 Å². The number of fused-ring (bicyclic) bond motifs is 1. The third-order valence-electron chi connectivity index (χ3n) is 4.25. The Morgan fingerprint density at radius 3 is 2.69 bits per heavy atom. The molecule has 1 amide bonds. The van der Waals surface area contributed by atoms with Gasteiger partial charge in [-0.1, -0.05) is 30.3 Å². The SMILES string of the molecule is O=C(COc1ccccc1F)N1CC(Oc2ccc3ccccc3n2)C1. The Morgan fingerprint density at radius 2 is 1.85 bits per heavy atom. The van der Waals surface area contributed by atoms with Crippen molar-refractivity contribution < 1.29 is 18.7 Å². The van der Waals surface area contributed by atoms with Gasteiger partial charge in [0.2, 0.25) is 5.88 Å². The van der Waals surface area contributed by atoms with E-state index in [2.05, 4.69) is 4.98 Å². The molecule has 0 atom stereocenters. The average molecular weight is 352 g/mol. The maximum Gasteiger partial charge on any atom is 0.260 e. The maximum absolute atomic E-state index is 13.5. The molecule has 2 aromatic carbocycles. The second kappa shape index (κ2) is 7.00. The summed E-state index contributed by atoms with van der Waals surface area (Å²) in [6.07, 6.45) is -0.0962. The van der Waals surface area contributed by atoms with E-state index < -0.39 is 5.82 Å². The summed E-state index contributed by atoms with van der Waals surface area (Å²) in [6, 6.07) is 17.6. The van der Waals surface area contributed by atoms with Gasteiger partial charge in [0.1, 0.15) is 6.10 Å². The Kier molecular flexibility index (Phi) is 4.39. The van der Waals surface area contributed by atoms with E-state index in [9.17, 15) is 9.18 Å². The highest BCUT2D eigenvalue weighted by atomic mass is 19.1. The molecule has 3 aromatic rings. The van der Waals surface area contributed by atoms with Crippen LogP contribution in [0.3, 0.4) is 0 Å². The minimum atomic E-state index is -0.479. The highest BCUT2D eigenvalue weighted by molar-refractivity contribution is 5.79. The summed E-state index contributed by atoms with van der Waals surface area (Å²) in [5.74, 6) is -0.0509. The van der Waals surface area contributed by atoms with Gasteiger partial charge in [-0.15, -0.1) is 0 Å². The summed E-state index contributed by atoms with van der Waals surface area (Å²) in [5.41, 5.74) is 0.871. The molecule has 1 saturated heterocycles. The van der Waals surface area contributed by atoms with Crippen molar-refractivity contribution in [2.45, 2.75) is 6.10 Å². The Labute approximate surface area is 150 Å². The fourth-order valence-electron chi connectivity index (χ4n) is 2.79. The molecule has 0 saturated carbocycles. The summed E-state index contributed by atoms with van der Waals surface area (Å²) in [6.45, 7) is 0.740. The molecular weight excluding hydrogens is 335 g/mol. The van der Waals surface area contributed by atoms with E-state index in [-0.39, 0.29) is 24.4 Å². The van der Waals surface area contributed by atoms with Crippen molar-refractivity contribution in [3.63, 3.8) is 0 Å². The van der Waals surface area contributed by atoms with Gasteiger partial charge in [0.05, 0.1) is 18.6 Å². The zero-order valence-corrected chi connectivity index (χ0v) is 14.0. The maximum atomic E-state index is 13.5. The van der Waals surface area contributed by atoms with Crippen LogP contribution < -0.4 is 9.47 Å². The van der Waals surface area contributed by atoms with Crippen LogP contribution in [-0.4, -0.2) is 41.6 Å². The third kappa shape index (κ3) is 3.44. The van der Waals surface area contributed by atoms with Gasteiger partial charge < -0.3 is 14.4 Å². The van der Waals surface area contributed by atoms with Crippen molar-refractivity contribution in [1.82, 2.24) is 9.88 Å². The molecule has 0 spiro atoms. The smallest absolute Gasteiger partial charge is 0.260 e. The van der Waals surface area contributed by atoms with Gasteiger partial charge in [0.25, 0.3) is 5.91 Å².